The minimum absolute atomic E-state index is 0.0653. The molecule has 0 amide bonds. The Kier molecular flexibility index (Phi) is 7.47. The molecule has 1 aromatic carbocycles. The molecule has 252 valence electrons. The Morgan fingerprint density at radius 3 is 2.40 bits per heavy atom. The van der Waals surface area contributed by atoms with Crippen LogP contribution in [0.4, 0.5) is 26.3 Å². The van der Waals surface area contributed by atoms with Gasteiger partial charge in [0, 0.05) is 44.4 Å². The molecule has 2 saturated carbocycles. The van der Waals surface area contributed by atoms with Crippen LogP contribution >= 0.6 is 0 Å². The average molecular weight is 691 g/mol. The van der Waals surface area contributed by atoms with Crippen molar-refractivity contribution < 1.29 is 39.6 Å². The summed E-state index contributed by atoms with van der Waals surface area (Å²) in [5.41, 5.74) is -0.928. The topological polar surface area (TPSA) is 103 Å². The number of Topliss-reactive ketones (excluding diaryl/α,β-unsaturated/α-hetero) is 1. The number of nitrogens with zero attached hydrogens (tertiary/aromatic N) is 6. The van der Waals surface area contributed by atoms with Gasteiger partial charge in [0.2, 0.25) is 10.0 Å². The molecule has 0 saturated heterocycles. The first-order valence-electron chi connectivity index (χ1n) is 15.1. The second kappa shape index (κ2) is 11.1. The van der Waals surface area contributed by atoms with Crippen molar-refractivity contribution in [2.75, 3.05) is 0 Å². The zero-order valence-corrected chi connectivity index (χ0v) is 26.1. The van der Waals surface area contributed by atoms with Gasteiger partial charge in [-0.25, -0.2) is 26.3 Å². The molecule has 7 rings (SSSR count). The first-order chi connectivity index (χ1) is 22.6. The van der Waals surface area contributed by atoms with Gasteiger partial charge in [0.1, 0.15) is 16.4 Å². The zero-order valence-electron chi connectivity index (χ0n) is 25.3. The number of hydrogen-bond donors (Lipinski definition) is 0. The number of ketones is 1. The van der Waals surface area contributed by atoms with E-state index < -0.39 is 75.3 Å². The Balaban J connectivity index is 1.34. The normalized spacial score (nSPS) is 22.5. The molecular weight excluding hydrogens is 662 g/mol. The molecule has 3 heterocycles. The van der Waals surface area contributed by atoms with E-state index >= 15 is 0 Å². The van der Waals surface area contributed by atoms with Crippen LogP contribution in [0, 0.1) is 11.2 Å². The summed E-state index contributed by atoms with van der Waals surface area (Å²) < 4.78 is 115. The van der Waals surface area contributed by atoms with E-state index in [9.17, 15) is 39.6 Å². The molecule has 0 unspecified atom stereocenters. The van der Waals surface area contributed by atoms with Crippen molar-refractivity contribution in [2.24, 2.45) is 12.5 Å². The van der Waals surface area contributed by atoms with Crippen LogP contribution < -0.4 is 0 Å². The molecule has 0 radical (unpaired) electrons. The highest BCUT2D eigenvalue weighted by molar-refractivity contribution is 7.89. The fourth-order valence-electron chi connectivity index (χ4n) is 7.22. The van der Waals surface area contributed by atoms with Crippen molar-refractivity contribution in [3.05, 3.63) is 95.1 Å². The van der Waals surface area contributed by atoms with Crippen LogP contribution in [0.2, 0.25) is 0 Å². The Hall–Kier alpha value is -4.31. The number of carbonyl (C=O) groups excluding carboxylic acids is 1. The number of fused-ring (bicyclic) bond motifs is 2. The molecule has 2 fully saturated rings. The molecule has 0 spiro atoms. The molecule has 16 heteroatoms. The van der Waals surface area contributed by atoms with Gasteiger partial charge in [-0.05, 0) is 73.7 Å². The Bertz CT molecular complexity index is 2050. The quantitative estimate of drug-likeness (QED) is 0.174. The van der Waals surface area contributed by atoms with Crippen molar-refractivity contribution >= 4 is 21.9 Å². The Morgan fingerprint density at radius 2 is 1.75 bits per heavy atom. The standard InChI is InChI=1S/C32H28F6N6O3S/c1-42-18-26(17-40-42)48(46,47)44(25-14-31(34,35)15-25)24-5-2-20-11-28-19(16-41-43(28)23-6-3-22(33)4-7-23)12-30(20,13-24)29(45)27-10-21(8-9-39-27)32(36,37)38/h3-4,6-11,16-18,24-25H,2,5,12-15H2,1H3/t24-,30-/m0/s1. The second-order valence-electron chi connectivity index (χ2n) is 12.6. The summed E-state index contributed by atoms with van der Waals surface area (Å²) in [6.45, 7) is 0. The highest BCUT2D eigenvalue weighted by atomic mass is 32.2. The molecule has 0 N–H and O–H groups in total. The van der Waals surface area contributed by atoms with Gasteiger partial charge >= 0.3 is 6.18 Å². The molecule has 3 aromatic heterocycles. The number of sulfonamides is 1. The highest BCUT2D eigenvalue weighted by Crippen LogP contribution is 2.53. The maximum absolute atomic E-state index is 14.6. The third kappa shape index (κ3) is 5.44. The lowest BCUT2D eigenvalue weighted by atomic mass is 9.60. The highest BCUT2D eigenvalue weighted by Gasteiger charge is 2.57. The first kappa shape index (κ1) is 32.2. The van der Waals surface area contributed by atoms with Gasteiger partial charge in [-0.3, -0.25) is 14.5 Å². The van der Waals surface area contributed by atoms with Crippen LogP contribution in [0.15, 0.2) is 71.7 Å². The predicted octanol–water partition coefficient (Wildman–Crippen LogP) is 6.01. The molecule has 0 bridgehead atoms. The van der Waals surface area contributed by atoms with Gasteiger partial charge in [-0.1, -0.05) is 5.57 Å². The fraction of sp³-hybridized carbons (Fsp3) is 0.375. The minimum Gasteiger partial charge on any atom is -0.291 e. The van der Waals surface area contributed by atoms with E-state index in [1.165, 1.54) is 48.4 Å². The lowest BCUT2D eigenvalue weighted by molar-refractivity contribution is -0.137. The van der Waals surface area contributed by atoms with E-state index in [2.05, 4.69) is 15.2 Å². The zero-order chi connectivity index (χ0) is 34.2. The number of allylic oxidation sites excluding steroid dienone is 1. The SMILES string of the molecule is Cn1cc(S(=O)(=O)N(C2CC(F)(F)C2)[C@H]2CCC3=Cc4c(cnn4-c4ccc(F)cc4)C[C@]3(C(=O)c3cc(C(F)(F)F)ccn3)C2)cn1. The number of aromatic nitrogens is 5. The van der Waals surface area contributed by atoms with Gasteiger partial charge < -0.3 is 0 Å². The monoisotopic (exact) mass is 690 g/mol. The van der Waals surface area contributed by atoms with Gasteiger partial charge in [-0.15, -0.1) is 0 Å². The number of alkyl halides is 5. The van der Waals surface area contributed by atoms with Crippen molar-refractivity contribution in [1.82, 2.24) is 28.9 Å². The van der Waals surface area contributed by atoms with Gasteiger partial charge in [0.15, 0.2) is 5.78 Å². The lowest BCUT2D eigenvalue weighted by Crippen LogP contribution is -2.59. The van der Waals surface area contributed by atoms with E-state index in [1.54, 1.807) is 10.8 Å². The number of pyridine rings is 1. The third-order valence-electron chi connectivity index (χ3n) is 9.51. The minimum atomic E-state index is -4.76. The van der Waals surface area contributed by atoms with Crippen molar-refractivity contribution in [2.45, 2.75) is 67.6 Å². The summed E-state index contributed by atoms with van der Waals surface area (Å²) in [6.07, 6.45) is 0.333. The van der Waals surface area contributed by atoms with E-state index in [0.29, 0.717) is 28.6 Å². The Labute approximate surface area is 270 Å². The lowest BCUT2D eigenvalue weighted by Gasteiger charge is -2.50. The number of rotatable bonds is 7. The van der Waals surface area contributed by atoms with Crippen LogP contribution in [0.5, 0.6) is 0 Å². The van der Waals surface area contributed by atoms with E-state index in [-0.39, 0.29) is 30.6 Å². The molecule has 0 aliphatic heterocycles. The number of aryl methyl sites for hydroxylation is 1. The molecular formula is C32H28F6N6O3S. The maximum Gasteiger partial charge on any atom is 0.416 e. The summed E-state index contributed by atoms with van der Waals surface area (Å²) in [5.74, 6) is -4.27. The van der Waals surface area contributed by atoms with E-state index in [1.807, 2.05) is 0 Å². The van der Waals surface area contributed by atoms with Crippen LogP contribution in [0.3, 0.4) is 0 Å². The molecule has 48 heavy (non-hydrogen) atoms. The van der Waals surface area contributed by atoms with Crippen LogP contribution in [0.1, 0.15) is 59.4 Å². The summed E-state index contributed by atoms with van der Waals surface area (Å²) in [6, 6.07) is 4.96. The average Bonchev–Trinajstić information content (AvgIpc) is 3.65. The molecule has 2 atom stereocenters. The van der Waals surface area contributed by atoms with Gasteiger partial charge in [0.05, 0.1) is 34.8 Å². The number of carbonyl (C=O) groups is 1. The number of halogens is 6. The van der Waals surface area contributed by atoms with Crippen LogP contribution in [0.25, 0.3) is 11.8 Å². The van der Waals surface area contributed by atoms with Crippen LogP contribution in [-0.2, 0) is 29.7 Å². The third-order valence-corrected chi connectivity index (χ3v) is 11.5. The summed E-state index contributed by atoms with van der Waals surface area (Å²) in [7, 11) is -2.88. The molecule has 3 aliphatic rings. The van der Waals surface area contributed by atoms with Gasteiger partial charge in [-0.2, -0.15) is 27.7 Å². The Morgan fingerprint density at radius 1 is 1.02 bits per heavy atom. The summed E-state index contributed by atoms with van der Waals surface area (Å²) in [4.78, 5) is 18.4. The van der Waals surface area contributed by atoms with Crippen molar-refractivity contribution in [3.8, 4) is 5.69 Å². The van der Waals surface area contributed by atoms with Gasteiger partial charge in [0.25, 0.3) is 5.92 Å². The fourth-order valence-corrected chi connectivity index (χ4v) is 9.04. The summed E-state index contributed by atoms with van der Waals surface area (Å²) >= 11 is 0. The van der Waals surface area contributed by atoms with Crippen molar-refractivity contribution in [3.63, 3.8) is 0 Å². The second-order valence-corrected chi connectivity index (χ2v) is 14.5. The van der Waals surface area contributed by atoms with E-state index in [4.69, 9.17) is 0 Å². The first-order valence-corrected chi connectivity index (χ1v) is 16.5. The smallest absolute Gasteiger partial charge is 0.291 e. The molecule has 4 aromatic rings. The van der Waals surface area contributed by atoms with E-state index in [0.717, 1.165) is 22.8 Å². The largest absolute Gasteiger partial charge is 0.416 e. The summed E-state index contributed by atoms with van der Waals surface area (Å²) in [5, 5.41) is 8.39. The van der Waals surface area contributed by atoms with Crippen molar-refractivity contribution in [1.29, 1.82) is 0 Å². The molecule has 3 aliphatic carbocycles. The number of benzene rings is 1. The number of hydrogen-bond acceptors (Lipinski definition) is 6. The molecule has 9 nitrogen and oxygen atoms in total. The maximum atomic E-state index is 14.6. The van der Waals surface area contributed by atoms with Crippen LogP contribution in [-0.4, -0.2) is 61.1 Å². The predicted molar refractivity (Wildman–Crippen MR) is 159 cm³/mol.